The summed E-state index contributed by atoms with van der Waals surface area (Å²) >= 11 is 0. The van der Waals surface area contributed by atoms with Gasteiger partial charge < -0.3 is 14.4 Å². The van der Waals surface area contributed by atoms with Gasteiger partial charge in [-0.15, -0.1) is 0 Å². The van der Waals surface area contributed by atoms with Crippen LogP contribution in [0.2, 0.25) is 0 Å². The van der Waals surface area contributed by atoms with Crippen LogP contribution in [-0.2, 0) is 6.18 Å². The van der Waals surface area contributed by atoms with E-state index in [4.69, 9.17) is 9.47 Å². The largest absolute Gasteiger partial charge is 0.497 e. The second kappa shape index (κ2) is 9.43. The monoisotopic (exact) mass is 383 g/mol. The predicted octanol–water partition coefficient (Wildman–Crippen LogP) is 5.23. The number of nitrogens with zero attached hydrogens (tertiary/aromatic N) is 3. The van der Waals surface area contributed by atoms with Gasteiger partial charge in [0.25, 0.3) is 0 Å². The molecular formula is C19H24F3N3O2. The summed E-state index contributed by atoms with van der Waals surface area (Å²) in [7, 11) is 3.01. The van der Waals surface area contributed by atoms with Crippen molar-refractivity contribution in [2.75, 3.05) is 25.7 Å². The molecule has 1 aromatic heterocycles. The quantitative estimate of drug-likeness (QED) is 0.555. The van der Waals surface area contributed by atoms with Gasteiger partial charge in [-0.3, -0.25) is 0 Å². The van der Waals surface area contributed by atoms with Crippen LogP contribution >= 0.6 is 0 Å². The summed E-state index contributed by atoms with van der Waals surface area (Å²) in [6, 6.07) is 6.66. The molecule has 1 heterocycles. The number of hydrogen-bond acceptors (Lipinski definition) is 5. The highest BCUT2D eigenvalue weighted by atomic mass is 19.4. The van der Waals surface area contributed by atoms with Crippen LogP contribution in [0.15, 0.2) is 30.5 Å². The molecule has 0 saturated heterocycles. The molecule has 0 saturated carbocycles. The highest BCUT2D eigenvalue weighted by Gasteiger charge is 2.36. The molecule has 0 bridgehead atoms. The Bertz CT molecular complexity index is 738. The Hall–Kier alpha value is -2.51. The van der Waals surface area contributed by atoms with Crippen LogP contribution < -0.4 is 14.4 Å². The fourth-order valence-corrected chi connectivity index (χ4v) is 2.52. The zero-order valence-corrected chi connectivity index (χ0v) is 15.7. The second-order valence-corrected chi connectivity index (χ2v) is 6.06. The van der Waals surface area contributed by atoms with Crippen LogP contribution in [0.25, 0.3) is 0 Å². The lowest BCUT2D eigenvalue weighted by Gasteiger charge is -2.23. The van der Waals surface area contributed by atoms with E-state index in [1.165, 1.54) is 19.1 Å². The van der Waals surface area contributed by atoms with E-state index >= 15 is 0 Å². The van der Waals surface area contributed by atoms with E-state index in [0.717, 1.165) is 31.9 Å². The van der Waals surface area contributed by atoms with Crippen LogP contribution in [0, 0.1) is 0 Å². The third-order valence-corrected chi connectivity index (χ3v) is 4.04. The summed E-state index contributed by atoms with van der Waals surface area (Å²) in [5.41, 5.74) is -0.418. The Kier molecular flexibility index (Phi) is 7.27. The van der Waals surface area contributed by atoms with Gasteiger partial charge in [-0.25, -0.2) is 4.98 Å². The zero-order chi connectivity index (χ0) is 19.9. The lowest BCUT2D eigenvalue weighted by molar-refractivity contribution is -0.137. The molecule has 27 heavy (non-hydrogen) atoms. The number of alkyl halides is 3. The minimum absolute atomic E-state index is 0.0655. The Morgan fingerprint density at radius 1 is 1.15 bits per heavy atom. The third-order valence-electron chi connectivity index (χ3n) is 4.04. The van der Waals surface area contributed by atoms with Crippen molar-refractivity contribution in [1.82, 2.24) is 9.97 Å². The highest BCUT2D eigenvalue weighted by molar-refractivity contribution is 5.64. The van der Waals surface area contributed by atoms with Crippen molar-refractivity contribution in [3.8, 4) is 11.8 Å². The van der Waals surface area contributed by atoms with Gasteiger partial charge >= 0.3 is 12.2 Å². The maximum atomic E-state index is 13.4. The molecule has 148 valence electrons. The first-order valence-electron chi connectivity index (χ1n) is 8.81. The first-order valence-corrected chi connectivity index (χ1v) is 8.81. The minimum Gasteiger partial charge on any atom is -0.497 e. The van der Waals surface area contributed by atoms with E-state index in [9.17, 15) is 13.2 Å². The molecule has 2 rings (SSSR count). The Morgan fingerprint density at radius 3 is 2.59 bits per heavy atom. The van der Waals surface area contributed by atoms with E-state index in [2.05, 4.69) is 16.9 Å². The van der Waals surface area contributed by atoms with Crippen molar-refractivity contribution in [3.63, 3.8) is 0 Å². The number of anilines is 2. The number of halogens is 3. The van der Waals surface area contributed by atoms with Crippen molar-refractivity contribution in [2.45, 2.75) is 38.8 Å². The van der Waals surface area contributed by atoms with Crippen LogP contribution in [-0.4, -0.2) is 30.7 Å². The SMILES string of the molecule is CCCCCCOc1ncc(C(F)(F)F)c(N(C)c2cccc(OC)c2)n1. The molecule has 0 aliphatic rings. The molecule has 5 nitrogen and oxygen atoms in total. The van der Waals surface area contributed by atoms with Gasteiger partial charge in [0.2, 0.25) is 0 Å². The molecule has 1 aromatic carbocycles. The van der Waals surface area contributed by atoms with Crippen molar-refractivity contribution >= 4 is 11.5 Å². The Balaban J connectivity index is 2.28. The van der Waals surface area contributed by atoms with E-state index in [-0.39, 0.29) is 11.8 Å². The average Bonchev–Trinajstić information content (AvgIpc) is 2.66. The van der Waals surface area contributed by atoms with Gasteiger partial charge in [0.1, 0.15) is 11.3 Å². The summed E-state index contributed by atoms with van der Waals surface area (Å²) in [6.07, 6.45) is 0.156. The third kappa shape index (κ3) is 5.74. The van der Waals surface area contributed by atoms with Crippen molar-refractivity contribution in [2.24, 2.45) is 0 Å². The summed E-state index contributed by atoms with van der Waals surface area (Å²) in [4.78, 5) is 9.09. The number of hydrogen-bond donors (Lipinski definition) is 0. The van der Waals surface area contributed by atoms with Gasteiger partial charge in [-0.05, 0) is 18.6 Å². The van der Waals surface area contributed by atoms with Gasteiger partial charge in [-0.1, -0.05) is 32.3 Å². The number of aromatic nitrogens is 2. The van der Waals surface area contributed by atoms with E-state index in [1.54, 1.807) is 24.3 Å². The van der Waals surface area contributed by atoms with Crippen molar-refractivity contribution < 1.29 is 22.6 Å². The van der Waals surface area contributed by atoms with Gasteiger partial charge in [0, 0.05) is 25.0 Å². The number of methoxy groups -OCH3 is 1. The standard InChI is InChI=1S/C19H24F3N3O2/c1-4-5-6-7-11-27-18-23-13-16(19(20,21)22)17(24-18)25(2)14-9-8-10-15(12-14)26-3/h8-10,12-13H,4-7,11H2,1-3H3. The molecule has 0 amide bonds. The number of ether oxygens (including phenoxy) is 2. The highest BCUT2D eigenvalue weighted by Crippen LogP contribution is 2.38. The molecule has 0 spiro atoms. The normalized spacial score (nSPS) is 11.3. The molecule has 0 N–H and O–H groups in total. The Morgan fingerprint density at radius 2 is 1.93 bits per heavy atom. The van der Waals surface area contributed by atoms with Gasteiger partial charge in [0.05, 0.1) is 13.7 Å². The Labute approximate surface area is 157 Å². The second-order valence-electron chi connectivity index (χ2n) is 6.06. The molecule has 8 heteroatoms. The molecule has 0 aliphatic carbocycles. The topological polar surface area (TPSA) is 47.5 Å². The summed E-state index contributed by atoms with van der Waals surface area (Å²) in [5.74, 6) is 0.267. The van der Waals surface area contributed by atoms with Crippen LogP contribution in [0.4, 0.5) is 24.7 Å². The first kappa shape index (κ1) is 20.8. The van der Waals surface area contributed by atoms with Crippen LogP contribution in [0.1, 0.15) is 38.2 Å². The molecule has 2 aromatic rings. The lowest BCUT2D eigenvalue weighted by Crippen LogP contribution is -2.19. The summed E-state index contributed by atoms with van der Waals surface area (Å²) in [6.45, 7) is 2.47. The molecule has 0 radical (unpaired) electrons. The van der Waals surface area contributed by atoms with Gasteiger partial charge in [-0.2, -0.15) is 18.2 Å². The average molecular weight is 383 g/mol. The smallest absolute Gasteiger partial charge is 0.421 e. The van der Waals surface area contributed by atoms with E-state index in [1.807, 2.05) is 0 Å². The van der Waals surface area contributed by atoms with Crippen molar-refractivity contribution in [1.29, 1.82) is 0 Å². The molecule has 0 unspecified atom stereocenters. The maximum Gasteiger partial charge on any atom is 0.421 e. The van der Waals surface area contributed by atoms with Crippen LogP contribution in [0.3, 0.4) is 0 Å². The van der Waals surface area contributed by atoms with Gasteiger partial charge in [0.15, 0.2) is 5.82 Å². The van der Waals surface area contributed by atoms with Crippen molar-refractivity contribution in [3.05, 3.63) is 36.0 Å². The molecule has 0 aliphatic heterocycles. The van der Waals surface area contributed by atoms with Crippen LogP contribution in [0.5, 0.6) is 11.8 Å². The fourth-order valence-electron chi connectivity index (χ4n) is 2.52. The molecular weight excluding hydrogens is 359 g/mol. The van der Waals surface area contributed by atoms with E-state index in [0.29, 0.717) is 18.0 Å². The number of rotatable bonds is 9. The number of benzene rings is 1. The summed E-state index contributed by atoms with van der Waals surface area (Å²) in [5, 5.41) is 0. The fraction of sp³-hybridized carbons (Fsp3) is 0.474. The first-order chi connectivity index (χ1) is 12.9. The maximum absolute atomic E-state index is 13.4. The minimum atomic E-state index is -4.58. The zero-order valence-electron chi connectivity index (χ0n) is 15.7. The van der Waals surface area contributed by atoms with E-state index < -0.39 is 11.7 Å². The lowest BCUT2D eigenvalue weighted by atomic mass is 10.2. The summed E-state index contributed by atoms with van der Waals surface area (Å²) < 4.78 is 50.9. The predicted molar refractivity (Wildman–Crippen MR) is 97.7 cm³/mol. The molecule has 0 fully saturated rings. The number of unbranched alkanes of at least 4 members (excludes halogenated alkanes) is 3. The molecule has 0 atom stereocenters.